The van der Waals surface area contributed by atoms with Crippen LogP contribution in [0.1, 0.15) is 29.7 Å². The van der Waals surface area contributed by atoms with Crippen molar-refractivity contribution in [2.45, 2.75) is 26.3 Å². The zero-order valence-electron chi connectivity index (χ0n) is 11.5. The lowest BCUT2D eigenvalue weighted by Gasteiger charge is -2.14. The van der Waals surface area contributed by atoms with Crippen molar-refractivity contribution in [1.82, 2.24) is 4.98 Å². The van der Waals surface area contributed by atoms with E-state index in [0.29, 0.717) is 6.61 Å². The van der Waals surface area contributed by atoms with Crippen LogP contribution >= 0.6 is 0 Å². The van der Waals surface area contributed by atoms with E-state index in [1.165, 1.54) is 11.1 Å². The minimum atomic E-state index is -0.0178. The van der Waals surface area contributed by atoms with Crippen molar-refractivity contribution >= 4 is 0 Å². The van der Waals surface area contributed by atoms with E-state index in [1.807, 2.05) is 31.2 Å². The van der Waals surface area contributed by atoms with Gasteiger partial charge in [0.05, 0.1) is 6.61 Å². The summed E-state index contributed by atoms with van der Waals surface area (Å²) < 4.78 is 5.86. The highest BCUT2D eigenvalue weighted by Gasteiger charge is 2.08. The molecule has 1 aromatic heterocycles. The summed E-state index contributed by atoms with van der Waals surface area (Å²) in [5.74, 6) is 0.884. The molecular weight excluding hydrogens is 236 g/mol. The number of nitrogens with two attached hydrogens (primary N) is 1. The van der Waals surface area contributed by atoms with Gasteiger partial charge in [0.2, 0.25) is 0 Å². The number of hydrogen-bond acceptors (Lipinski definition) is 3. The van der Waals surface area contributed by atoms with Crippen LogP contribution in [0.4, 0.5) is 0 Å². The molecule has 1 heterocycles. The summed E-state index contributed by atoms with van der Waals surface area (Å²) in [6.07, 6.45) is 4.47. The molecule has 0 saturated heterocycles. The van der Waals surface area contributed by atoms with Gasteiger partial charge in [0.25, 0.3) is 0 Å². The predicted molar refractivity (Wildman–Crippen MR) is 77.2 cm³/mol. The molecule has 0 aliphatic rings. The quantitative estimate of drug-likeness (QED) is 0.894. The summed E-state index contributed by atoms with van der Waals surface area (Å²) in [6, 6.07) is 10.1. The van der Waals surface area contributed by atoms with Crippen LogP contribution in [0.15, 0.2) is 42.7 Å². The molecule has 3 nitrogen and oxygen atoms in total. The Morgan fingerprint density at radius 3 is 2.63 bits per heavy atom. The molecule has 0 aliphatic carbocycles. The van der Waals surface area contributed by atoms with Gasteiger partial charge in [-0.1, -0.05) is 17.7 Å². The second kappa shape index (κ2) is 6.34. The van der Waals surface area contributed by atoms with Crippen LogP contribution in [0.5, 0.6) is 5.75 Å². The monoisotopic (exact) mass is 256 g/mol. The third-order valence-corrected chi connectivity index (χ3v) is 3.05. The predicted octanol–water partition coefficient (Wildman–Crippen LogP) is 3.03. The maximum Gasteiger partial charge on any atom is 0.124 e. The molecule has 2 aromatic rings. The van der Waals surface area contributed by atoms with Crippen LogP contribution in [0.2, 0.25) is 0 Å². The van der Waals surface area contributed by atoms with E-state index < -0.39 is 0 Å². The van der Waals surface area contributed by atoms with Gasteiger partial charge >= 0.3 is 0 Å². The fraction of sp³-hybridized carbons (Fsp3) is 0.312. The minimum absolute atomic E-state index is 0.0178. The fourth-order valence-electron chi connectivity index (χ4n) is 1.98. The van der Waals surface area contributed by atoms with Crippen molar-refractivity contribution in [3.05, 3.63) is 59.4 Å². The maximum atomic E-state index is 5.98. The topological polar surface area (TPSA) is 48.1 Å². The largest absolute Gasteiger partial charge is 0.493 e. The van der Waals surface area contributed by atoms with Gasteiger partial charge in [-0.15, -0.1) is 0 Å². The van der Waals surface area contributed by atoms with Crippen LogP contribution in [0.3, 0.4) is 0 Å². The Balaban J connectivity index is 2.00. The average molecular weight is 256 g/mol. The Kier molecular flexibility index (Phi) is 4.53. The summed E-state index contributed by atoms with van der Waals surface area (Å²) in [4.78, 5) is 4.00. The molecule has 0 bridgehead atoms. The molecule has 2 rings (SSSR count). The van der Waals surface area contributed by atoms with E-state index in [-0.39, 0.29) is 6.04 Å². The lowest BCUT2D eigenvalue weighted by molar-refractivity contribution is 0.317. The van der Waals surface area contributed by atoms with E-state index in [1.54, 1.807) is 12.4 Å². The van der Waals surface area contributed by atoms with Crippen molar-refractivity contribution < 1.29 is 4.74 Å². The normalized spacial score (nSPS) is 12.2. The van der Waals surface area contributed by atoms with Crippen LogP contribution in [0.25, 0.3) is 0 Å². The molecule has 0 radical (unpaired) electrons. The Morgan fingerprint density at radius 2 is 1.95 bits per heavy atom. The average Bonchev–Trinajstić information content (AvgIpc) is 2.41. The van der Waals surface area contributed by atoms with Gasteiger partial charge in [-0.05, 0) is 37.6 Å². The van der Waals surface area contributed by atoms with Crippen LogP contribution in [0, 0.1) is 6.92 Å². The fourth-order valence-corrected chi connectivity index (χ4v) is 1.98. The Labute approximate surface area is 114 Å². The zero-order chi connectivity index (χ0) is 13.7. The second-order valence-corrected chi connectivity index (χ2v) is 4.78. The number of aromatic nitrogens is 1. The number of nitrogens with zero attached hydrogens (tertiary/aromatic N) is 1. The SMILES string of the molecule is Cc1ccc(OCCc2ccncc2)c([C@@H](C)N)c1. The van der Waals surface area contributed by atoms with E-state index in [0.717, 1.165) is 17.7 Å². The minimum Gasteiger partial charge on any atom is -0.493 e. The summed E-state index contributed by atoms with van der Waals surface area (Å²) in [6.45, 7) is 4.68. The molecule has 100 valence electrons. The highest BCUT2D eigenvalue weighted by Crippen LogP contribution is 2.25. The lowest BCUT2D eigenvalue weighted by Crippen LogP contribution is -2.10. The summed E-state index contributed by atoms with van der Waals surface area (Å²) in [5, 5.41) is 0. The third kappa shape index (κ3) is 3.80. The van der Waals surface area contributed by atoms with Gasteiger partial charge in [0.15, 0.2) is 0 Å². The standard InChI is InChI=1S/C16H20N2O/c1-12-3-4-16(15(11-12)13(2)17)19-10-7-14-5-8-18-9-6-14/h3-6,8-9,11,13H,7,10,17H2,1-2H3/t13-/m1/s1. The zero-order valence-corrected chi connectivity index (χ0v) is 11.5. The van der Waals surface area contributed by atoms with Crippen LogP contribution < -0.4 is 10.5 Å². The molecule has 0 saturated carbocycles. The van der Waals surface area contributed by atoms with Crippen molar-refractivity contribution in [3.63, 3.8) is 0 Å². The molecule has 2 N–H and O–H groups in total. The number of hydrogen-bond donors (Lipinski definition) is 1. The summed E-state index contributed by atoms with van der Waals surface area (Å²) in [5.41, 5.74) is 9.47. The highest BCUT2D eigenvalue weighted by molar-refractivity contribution is 5.38. The van der Waals surface area contributed by atoms with E-state index in [2.05, 4.69) is 18.0 Å². The van der Waals surface area contributed by atoms with Crippen molar-refractivity contribution in [1.29, 1.82) is 0 Å². The number of pyridine rings is 1. The number of ether oxygens (including phenoxy) is 1. The molecule has 1 aromatic carbocycles. The van der Waals surface area contributed by atoms with E-state index in [9.17, 15) is 0 Å². The first kappa shape index (κ1) is 13.6. The number of aryl methyl sites for hydroxylation is 1. The maximum absolute atomic E-state index is 5.98. The first-order chi connectivity index (χ1) is 9.16. The van der Waals surface area contributed by atoms with Crippen LogP contribution in [-0.2, 0) is 6.42 Å². The highest BCUT2D eigenvalue weighted by atomic mass is 16.5. The number of rotatable bonds is 5. The van der Waals surface area contributed by atoms with Crippen LogP contribution in [-0.4, -0.2) is 11.6 Å². The lowest BCUT2D eigenvalue weighted by atomic mass is 10.1. The van der Waals surface area contributed by atoms with Gasteiger partial charge in [0, 0.05) is 30.4 Å². The summed E-state index contributed by atoms with van der Waals surface area (Å²) in [7, 11) is 0. The van der Waals surface area contributed by atoms with Gasteiger partial charge < -0.3 is 10.5 Å². The molecule has 0 unspecified atom stereocenters. The smallest absolute Gasteiger partial charge is 0.124 e. The van der Waals surface area contributed by atoms with Gasteiger partial charge in [0.1, 0.15) is 5.75 Å². The first-order valence-corrected chi connectivity index (χ1v) is 6.54. The molecule has 0 amide bonds. The Hall–Kier alpha value is -1.87. The second-order valence-electron chi connectivity index (χ2n) is 4.78. The molecule has 0 aliphatic heterocycles. The number of benzene rings is 1. The Bertz CT molecular complexity index is 524. The van der Waals surface area contributed by atoms with Gasteiger partial charge in [-0.25, -0.2) is 0 Å². The molecular formula is C16H20N2O. The summed E-state index contributed by atoms with van der Waals surface area (Å²) >= 11 is 0. The molecule has 1 atom stereocenters. The Morgan fingerprint density at radius 1 is 1.21 bits per heavy atom. The van der Waals surface area contributed by atoms with E-state index >= 15 is 0 Å². The van der Waals surface area contributed by atoms with Gasteiger partial charge in [-0.2, -0.15) is 0 Å². The van der Waals surface area contributed by atoms with Crippen molar-refractivity contribution in [2.75, 3.05) is 6.61 Å². The molecule has 19 heavy (non-hydrogen) atoms. The first-order valence-electron chi connectivity index (χ1n) is 6.54. The third-order valence-electron chi connectivity index (χ3n) is 3.05. The molecule has 0 fully saturated rings. The molecule has 3 heteroatoms. The molecule has 0 spiro atoms. The van der Waals surface area contributed by atoms with E-state index in [4.69, 9.17) is 10.5 Å². The van der Waals surface area contributed by atoms with Crippen molar-refractivity contribution in [2.24, 2.45) is 5.73 Å². The van der Waals surface area contributed by atoms with Crippen molar-refractivity contribution in [3.8, 4) is 5.75 Å². The van der Waals surface area contributed by atoms with Gasteiger partial charge in [-0.3, -0.25) is 4.98 Å².